The van der Waals surface area contributed by atoms with Gasteiger partial charge in [-0.3, -0.25) is 10.1 Å². The van der Waals surface area contributed by atoms with Crippen molar-refractivity contribution in [3.8, 4) is 5.75 Å². The topological polar surface area (TPSA) is 73.6 Å². The van der Waals surface area contributed by atoms with Gasteiger partial charge in [-0.2, -0.15) is 0 Å². The van der Waals surface area contributed by atoms with Gasteiger partial charge in [-0.1, -0.05) is 29.8 Å². The Kier molecular flexibility index (Phi) is 5.42. The summed E-state index contributed by atoms with van der Waals surface area (Å²) in [6.07, 6.45) is 1.67. The van der Waals surface area contributed by atoms with Crippen LogP contribution in [0.25, 0.3) is 0 Å². The molecule has 2 aromatic carbocycles. The molecule has 0 amide bonds. The van der Waals surface area contributed by atoms with Crippen LogP contribution in [-0.2, 0) is 10.2 Å². The van der Waals surface area contributed by atoms with Crippen molar-refractivity contribution < 1.29 is 14.4 Å². The van der Waals surface area contributed by atoms with Crippen LogP contribution < -0.4 is 10.1 Å². The highest BCUT2D eigenvalue weighted by atomic mass is 16.6. The smallest absolute Gasteiger partial charge is 0.292 e. The molecule has 138 valence electrons. The molecule has 0 unspecified atom stereocenters. The number of nitro benzene ring substituents is 1. The van der Waals surface area contributed by atoms with Gasteiger partial charge in [0, 0.05) is 36.8 Å². The third-order valence-corrected chi connectivity index (χ3v) is 5.09. The minimum atomic E-state index is -0.355. The number of benzene rings is 2. The average molecular weight is 356 g/mol. The molecule has 0 aromatic heterocycles. The van der Waals surface area contributed by atoms with Crippen molar-refractivity contribution in [1.82, 2.24) is 0 Å². The lowest BCUT2D eigenvalue weighted by atomic mass is 9.73. The van der Waals surface area contributed by atoms with Gasteiger partial charge in [-0.05, 0) is 31.9 Å². The fraction of sp³-hybridized carbons (Fsp3) is 0.400. The van der Waals surface area contributed by atoms with Gasteiger partial charge in [0.1, 0.15) is 11.4 Å². The molecule has 3 rings (SSSR count). The Morgan fingerprint density at radius 1 is 1.23 bits per heavy atom. The van der Waals surface area contributed by atoms with E-state index in [1.807, 2.05) is 12.1 Å². The van der Waals surface area contributed by atoms with Crippen LogP contribution in [-0.4, -0.2) is 31.8 Å². The van der Waals surface area contributed by atoms with E-state index in [4.69, 9.17) is 9.47 Å². The third kappa shape index (κ3) is 3.65. The number of para-hydroxylation sites is 2. The number of aryl methyl sites for hydroxylation is 1. The van der Waals surface area contributed by atoms with Crippen molar-refractivity contribution in [3.05, 3.63) is 63.7 Å². The average Bonchev–Trinajstić information content (AvgIpc) is 2.67. The van der Waals surface area contributed by atoms with Crippen LogP contribution in [0.5, 0.6) is 5.75 Å². The van der Waals surface area contributed by atoms with E-state index in [-0.39, 0.29) is 16.0 Å². The van der Waals surface area contributed by atoms with E-state index < -0.39 is 0 Å². The molecular weight excluding hydrogens is 332 g/mol. The monoisotopic (exact) mass is 356 g/mol. The van der Waals surface area contributed by atoms with Crippen LogP contribution in [0.15, 0.2) is 42.5 Å². The van der Waals surface area contributed by atoms with Gasteiger partial charge < -0.3 is 14.8 Å². The number of hydrogen-bond donors (Lipinski definition) is 1. The predicted molar refractivity (Wildman–Crippen MR) is 101 cm³/mol. The molecule has 6 heteroatoms. The molecule has 1 aliphatic heterocycles. The molecule has 0 bridgehead atoms. The van der Waals surface area contributed by atoms with Gasteiger partial charge >= 0.3 is 0 Å². The van der Waals surface area contributed by atoms with Crippen molar-refractivity contribution in [1.29, 1.82) is 0 Å². The Morgan fingerprint density at radius 3 is 2.65 bits per heavy atom. The highest BCUT2D eigenvalue weighted by Crippen LogP contribution is 2.41. The van der Waals surface area contributed by atoms with E-state index in [9.17, 15) is 10.1 Å². The first-order valence-electron chi connectivity index (χ1n) is 8.76. The molecule has 0 radical (unpaired) electrons. The number of nitrogens with zero attached hydrogens (tertiary/aromatic N) is 1. The van der Waals surface area contributed by atoms with Crippen molar-refractivity contribution in [3.63, 3.8) is 0 Å². The standard InChI is InChI=1S/C20H24N2O4/c1-15-7-8-19(25-2)16(13-15)20(9-11-26-12-10-20)14-21-17-5-3-4-6-18(17)22(23)24/h3-8,13,21H,9-12,14H2,1-2H3. The number of hydrogen-bond acceptors (Lipinski definition) is 5. The van der Waals surface area contributed by atoms with Crippen LogP contribution in [0.3, 0.4) is 0 Å². The summed E-state index contributed by atoms with van der Waals surface area (Å²) in [6.45, 7) is 3.97. The first kappa shape index (κ1) is 18.2. The van der Waals surface area contributed by atoms with E-state index >= 15 is 0 Å². The lowest BCUT2D eigenvalue weighted by Crippen LogP contribution is -2.40. The Balaban J connectivity index is 1.95. The van der Waals surface area contributed by atoms with Crippen LogP contribution >= 0.6 is 0 Å². The Bertz CT molecular complexity index is 785. The highest BCUT2D eigenvalue weighted by Gasteiger charge is 2.37. The van der Waals surface area contributed by atoms with Crippen molar-refractivity contribution >= 4 is 11.4 Å². The normalized spacial score (nSPS) is 16.1. The maximum Gasteiger partial charge on any atom is 0.292 e. The number of methoxy groups -OCH3 is 1. The fourth-order valence-electron chi connectivity index (χ4n) is 3.59. The lowest BCUT2D eigenvalue weighted by molar-refractivity contribution is -0.384. The zero-order valence-corrected chi connectivity index (χ0v) is 15.2. The van der Waals surface area contributed by atoms with Gasteiger partial charge in [0.05, 0.1) is 12.0 Å². The quantitative estimate of drug-likeness (QED) is 0.624. The van der Waals surface area contributed by atoms with Crippen LogP contribution in [0.4, 0.5) is 11.4 Å². The Labute approximate surface area is 153 Å². The summed E-state index contributed by atoms with van der Waals surface area (Å²) in [4.78, 5) is 10.9. The highest BCUT2D eigenvalue weighted by molar-refractivity contribution is 5.61. The first-order valence-corrected chi connectivity index (χ1v) is 8.76. The molecule has 6 nitrogen and oxygen atoms in total. The summed E-state index contributed by atoms with van der Waals surface area (Å²) in [5.74, 6) is 0.849. The molecule has 2 aromatic rings. The van der Waals surface area contributed by atoms with E-state index in [1.165, 1.54) is 6.07 Å². The van der Waals surface area contributed by atoms with Crippen LogP contribution in [0.2, 0.25) is 0 Å². The fourth-order valence-corrected chi connectivity index (χ4v) is 3.59. The maximum absolute atomic E-state index is 11.3. The van der Waals surface area contributed by atoms with Gasteiger partial charge in [0.15, 0.2) is 0 Å². The zero-order chi connectivity index (χ0) is 18.6. The van der Waals surface area contributed by atoms with E-state index in [0.29, 0.717) is 25.4 Å². The largest absolute Gasteiger partial charge is 0.496 e. The SMILES string of the molecule is COc1ccc(C)cc1C1(CNc2ccccc2[N+](=O)[O-])CCOCC1. The van der Waals surface area contributed by atoms with E-state index in [1.54, 1.807) is 25.3 Å². The summed E-state index contributed by atoms with van der Waals surface area (Å²) >= 11 is 0. The summed E-state index contributed by atoms with van der Waals surface area (Å²) in [5.41, 5.74) is 2.73. The number of rotatable bonds is 6. The number of nitro groups is 1. The summed E-state index contributed by atoms with van der Waals surface area (Å²) in [7, 11) is 1.68. The summed E-state index contributed by atoms with van der Waals surface area (Å²) < 4.78 is 11.2. The van der Waals surface area contributed by atoms with Crippen molar-refractivity contribution in [2.45, 2.75) is 25.2 Å². The lowest BCUT2D eigenvalue weighted by Gasteiger charge is -2.39. The molecule has 0 aliphatic carbocycles. The molecule has 1 aliphatic rings. The molecule has 0 saturated carbocycles. The second-order valence-electron chi connectivity index (χ2n) is 6.72. The van der Waals surface area contributed by atoms with Gasteiger partial charge in [-0.15, -0.1) is 0 Å². The molecule has 0 atom stereocenters. The van der Waals surface area contributed by atoms with Crippen LogP contribution in [0.1, 0.15) is 24.0 Å². The molecule has 1 fully saturated rings. The predicted octanol–water partition coefficient (Wildman–Crippen LogP) is 4.07. The minimum Gasteiger partial charge on any atom is -0.496 e. The third-order valence-electron chi connectivity index (χ3n) is 5.09. The van der Waals surface area contributed by atoms with E-state index in [0.717, 1.165) is 29.7 Å². The minimum absolute atomic E-state index is 0.0888. The van der Waals surface area contributed by atoms with Gasteiger partial charge in [0.25, 0.3) is 5.69 Å². The van der Waals surface area contributed by atoms with Crippen LogP contribution in [0, 0.1) is 17.0 Å². The number of anilines is 1. The second-order valence-corrected chi connectivity index (χ2v) is 6.72. The molecule has 1 heterocycles. The number of ether oxygens (including phenoxy) is 2. The molecule has 1 N–H and O–H groups in total. The molecule has 26 heavy (non-hydrogen) atoms. The summed E-state index contributed by atoms with van der Waals surface area (Å²) in [6, 6.07) is 12.9. The first-order chi connectivity index (χ1) is 12.6. The zero-order valence-electron chi connectivity index (χ0n) is 15.2. The molecular formula is C20H24N2O4. The summed E-state index contributed by atoms with van der Waals surface area (Å²) in [5, 5.41) is 14.6. The molecule has 1 saturated heterocycles. The van der Waals surface area contributed by atoms with Crippen molar-refractivity contribution in [2.75, 3.05) is 32.2 Å². The van der Waals surface area contributed by atoms with E-state index in [2.05, 4.69) is 18.3 Å². The Hall–Kier alpha value is -2.60. The van der Waals surface area contributed by atoms with Gasteiger partial charge in [0.2, 0.25) is 0 Å². The number of nitrogens with one attached hydrogen (secondary N) is 1. The molecule has 0 spiro atoms. The Morgan fingerprint density at radius 2 is 1.96 bits per heavy atom. The van der Waals surface area contributed by atoms with Crippen molar-refractivity contribution in [2.24, 2.45) is 0 Å². The maximum atomic E-state index is 11.3. The second kappa shape index (κ2) is 7.74. The van der Waals surface area contributed by atoms with Gasteiger partial charge in [-0.25, -0.2) is 0 Å².